The first-order valence-corrected chi connectivity index (χ1v) is 8.68. The molecule has 0 saturated heterocycles. The van der Waals surface area contributed by atoms with Crippen LogP contribution in [0.4, 0.5) is 20.2 Å². The van der Waals surface area contributed by atoms with Gasteiger partial charge in [0, 0.05) is 19.0 Å². The Bertz CT molecular complexity index is 655. The fourth-order valence-electron chi connectivity index (χ4n) is 1.82. The minimum absolute atomic E-state index is 0. The van der Waals surface area contributed by atoms with Crippen LogP contribution in [0.25, 0.3) is 0 Å². The number of benzene rings is 1. The highest BCUT2D eigenvalue weighted by Gasteiger charge is 2.27. The molecule has 0 saturated carbocycles. The summed E-state index contributed by atoms with van der Waals surface area (Å²) in [7, 11) is -4.73. The van der Waals surface area contributed by atoms with Crippen LogP contribution in [0.15, 0.2) is 23.1 Å². The number of halogens is 3. The van der Waals surface area contributed by atoms with E-state index in [-0.39, 0.29) is 36.5 Å². The molecular formula is C14H22ClF2N3O3S. The van der Waals surface area contributed by atoms with Crippen LogP contribution in [0.1, 0.15) is 26.7 Å². The molecule has 10 heteroatoms. The Labute approximate surface area is 146 Å². The summed E-state index contributed by atoms with van der Waals surface area (Å²) in [6.45, 7) is 4.09. The standard InChI is InChI=1S/C14H21F2N3O3S.ClH/c1-3-18-11-6-5-10(23(21,22)14(15)16)8-12(11)19-13(20)7-4-9(2)17;/h5-6,8-9,14,18H,3-4,7,17H2,1-2H3,(H,19,20);1H. The molecule has 24 heavy (non-hydrogen) atoms. The number of alkyl halides is 2. The summed E-state index contributed by atoms with van der Waals surface area (Å²) in [6, 6.07) is 3.31. The predicted molar refractivity (Wildman–Crippen MR) is 92.6 cm³/mol. The van der Waals surface area contributed by atoms with Crippen LogP contribution in [0.5, 0.6) is 0 Å². The number of carbonyl (C=O) groups is 1. The van der Waals surface area contributed by atoms with Gasteiger partial charge in [0.25, 0.3) is 0 Å². The topological polar surface area (TPSA) is 101 Å². The molecule has 0 aliphatic carbocycles. The summed E-state index contributed by atoms with van der Waals surface area (Å²) in [5, 5.41) is 5.47. The van der Waals surface area contributed by atoms with Gasteiger partial charge in [0.1, 0.15) is 0 Å². The van der Waals surface area contributed by atoms with Gasteiger partial charge in [-0.2, -0.15) is 8.78 Å². The van der Waals surface area contributed by atoms with E-state index in [0.717, 1.165) is 12.1 Å². The van der Waals surface area contributed by atoms with E-state index in [4.69, 9.17) is 5.73 Å². The van der Waals surface area contributed by atoms with Gasteiger partial charge in [0.2, 0.25) is 15.7 Å². The van der Waals surface area contributed by atoms with E-state index in [0.29, 0.717) is 18.7 Å². The Morgan fingerprint density at radius 2 is 1.92 bits per heavy atom. The lowest BCUT2D eigenvalue weighted by atomic mass is 10.2. The van der Waals surface area contributed by atoms with Gasteiger partial charge >= 0.3 is 5.76 Å². The normalized spacial score (nSPS) is 12.4. The Morgan fingerprint density at radius 1 is 1.29 bits per heavy atom. The third kappa shape index (κ3) is 6.21. The number of nitrogens with two attached hydrogens (primary N) is 1. The minimum Gasteiger partial charge on any atom is -0.384 e. The molecule has 0 aliphatic heterocycles. The second kappa shape index (κ2) is 9.75. The number of amides is 1. The molecule has 0 aliphatic rings. The fourth-order valence-corrected chi connectivity index (χ4v) is 2.57. The zero-order valence-electron chi connectivity index (χ0n) is 13.4. The van der Waals surface area contributed by atoms with Crippen LogP contribution in [-0.4, -0.2) is 32.7 Å². The third-order valence-corrected chi connectivity index (χ3v) is 4.40. The average Bonchev–Trinajstić information content (AvgIpc) is 2.46. The summed E-state index contributed by atoms with van der Waals surface area (Å²) in [5.74, 6) is -3.89. The van der Waals surface area contributed by atoms with Gasteiger partial charge in [-0.3, -0.25) is 4.79 Å². The van der Waals surface area contributed by atoms with Gasteiger partial charge in [-0.25, -0.2) is 8.42 Å². The van der Waals surface area contributed by atoms with Gasteiger partial charge < -0.3 is 16.4 Å². The molecule has 1 aromatic carbocycles. The summed E-state index contributed by atoms with van der Waals surface area (Å²) in [6.07, 6.45) is 0.604. The van der Waals surface area contributed by atoms with Crippen molar-refractivity contribution < 1.29 is 22.0 Å². The van der Waals surface area contributed by atoms with Crippen LogP contribution in [0.2, 0.25) is 0 Å². The molecule has 0 fully saturated rings. The van der Waals surface area contributed by atoms with Gasteiger partial charge in [-0.05, 0) is 38.5 Å². The average molecular weight is 386 g/mol. The number of sulfone groups is 1. The van der Waals surface area contributed by atoms with Crippen molar-refractivity contribution in [2.75, 3.05) is 17.2 Å². The first kappa shape index (κ1) is 22.6. The predicted octanol–water partition coefficient (Wildman–Crippen LogP) is 2.60. The Hall–Kier alpha value is -1.45. The monoisotopic (exact) mass is 385 g/mol. The lowest BCUT2D eigenvalue weighted by Gasteiger charge is -2.14. The van der Waals surface area contributed by atoms with Crippen molar-refractivity contribution in [3.63, 3.8) is 0 Å². The highest BCUT2D eigenvalue weighted by Crippen LogP contribution is 2.28. The van der Waals surface area contributed by atoms with Crippen LogP contribution in [0, 0.1) is 0 Å². The molecule has 0 heterocycles. The number of anilines is 2. The maximum absolute atomic E-state index is 12.6. The second-order valence-corrected chi connectivity index (χ2v) is 7.03. The molecule has 6 nitrogen and oxygen atoms in total. The van der Waals surface area contributed by atoms with E-state index in [2.05, 4.69) is 10.6 Å². The van der Waals surface area contributed by atoms with Crippen molar-refractivity contribution in [1.29, 1.82) is 0 Å². The Morgan fingerprint density at radius 3 is 2.42 bits per heavy atom. The highest BCUT2D eigenvalue weighted by molar-refractivity contribution is 7.91. The molecule has 1 aromatic rings. The quantitative estimate of drug-likeness (QED) is 0.638. The minimum atomic E-state index is -4.73. The third-order valence-electron chi connectivity index (χ3n) is 3.02. The molecule has 0 aromatic heterocycles. The van der Waals surface area contributed by atoms with Crippen molar-refractivity contribution in [3.05, 3.63) is 18.2 Å². The largest absolute Gasteiger partial charge is 0.384 e. The summed E-state index contributed by atoms with van der Waals surface area (Å²) < 4.78 is 48.4. The number of hydrogen-bond donors (Lipinski definition) is 3. The molecule has 1 atom stereocenters. The fraction of sp³-hybridized carbons (Fsp3) is 0.500. The summed E-state index contributed by atoms with van der Waals surface area (Å²) in [4.78, 5) is 11.3. The molecule has 1 amide bonds. The molecule has 0 radical (unpaired) electrons. The van der Waals surface area contributed by atoms with Crippen molar-refractivity contribution in [2.24, 2.45) is 5.73 Å². The van der Waals surface area contributed by atoms with E-state index in [1.165, 1.54) is 6.07 Å². The Balaban J connectivity index is 0.00000529. The summed E-state index contributed by atoms with van der Waals surface area (Å²) >= 11 is 0. The molecule has 0 bridgehead atoms. The molecule has 4 N–H and O–H groups in total. The molecule has 138 valence electrons. The van der Waals surface area contributed by atoms with Crippen LogP contribution < -0.4 is 16.4 Å². The van der Waals surface area contributed by atoms with Gasteiger partial charge in [-0.1, -0.05) is 0 Å². The van der Waals surface area contributed by atoms with Crippen molar-refractivity contribution >= 4 is 39.5 Å². The summed E-state index contributed by atoms with van der Waals surface area (Å²) in [5.41, 5.74) is 6.17. The number of carbonyl (C=O) groups excluding carboxylic acids is 1. The van der Waals surface area contributed by atoms with Crippen LogP contribution >= 0.6 is 12.4 Å². The van der Waals surface area contributed by atoms with Crippen LogP contribution in [0.3, 0.4) is 0 Å². The van der Waals surface area contributed by atoms with E-state index >= 15 is 0 Å². The van der Waals surface area contributed by atoms with Crippen molar-refractivity contribution in [1.82, 2.24) is 0 Å². The zero-order chi connectivity index (χ0) is 17.6. The van der Waals surface area contributed by atoms with Crippen LogP contribution in [-0.2, 0) is 14.6 Å². The lowest BCUT2D eigenvalue weighted by Crippen LogP contribution is -2.20. The van der Waals surface area contributed by atoms with Gasteiger partial charge in [-0.15, -0.1) is 12.4 Å². The number of nitrogens with one attached hydrogen (secondary N) is 2. The van der Waals surface area contributed by atoms with Gasteiger partial charge in [0.05, 0.1) is 16.3 Å². The maximum Gasteiger partial charge on any atom is 0.341 e. The Kier molecular flexibility index (Phi) is 9.16. The van der Waals surface area contributed by atoms with E-state index in [1.807, 2.05) is 6.92 Å². The SMILES string of the molecule is CCNc1ccc(S(=O)(=O)C(F)F)cc1NC(=O)CCC(C)N.Cl. The maximum atomic E-state index is 12.6. The molecule has 1 rings (SSSR count). The van der Waals surface area contributed by atoms with Gasteiger partial charge in [0.15, 0.2) is 0 Å². The number of hydrogen-bond acceptors (Lipinski definition) is 5. The van der Waals surface area contributed by atoms with E-state index < -0.39 is 20.5 Å². The zero-order valence-corrected chi connectivity index (χ0v) is 15.0. The van der Waals surface area contributed by atoms with E-state index in [9.17, 15) is 22.0 Å². The molecule has 0 spiro atoms. The van der Waals surface area contributed by atoms with Crippen molar-refractivity contribution in [2.45, 2.75) is 43.4 Å². The number of rotatable bonds is 8. The smallest absolute Gasteiger partial charge is 0.341 e. The highest BCUT2D eigenvalue weighted by atomic mass is 35.5. The lowest BCUT2D eigenvalue weighted by molar-refractivity contribution is -0.116. The van der Waals surface area contributed by atoms with Crippen molar-refractivity contribution in [3.8, 4) is 0 Å². The second-order valence-electron chi connectivity index (χ2n) is 5.11. The van der Waals surface area contributed by atoms with E-state index in [1.54, 1.807) is 6.92 Å². The molecule has 1 unspecified atom stereocenters. The first-order valence-electron chi connectivity index (χ1n) is 7.13. The first-order chi connectivity index (χ1) is 10.7. The molecular weight excluding hydrogens is 364 g/mol.